The van der Waals surface area contributed by atoms with Gasteiger partial charge in [0.1, 0.15) is 5.82 Å². The van der Waals surface area contributed by atoms with Crippen LogP contribution in [0.15, 0.2) is 30.5 Å². The monoisotopic (exact) mass is 357 g/mol. The summed E-state index contributed by atoms with van der Waals surface area (Å²) in [5.74, 6) is 0.264. The van der Waals surface area contributed by atoms with E-state index in [2.05, 4.69) is 12.0 Å². The summed E-state index contributed by atoms with van der Waals surface area (Å²) in [6.45, 7) is 5.32. The van der Waals surface area contributed by atoms with Crippen molar-refractivity contribution in [1.82, 2.24) is 14.7 Å². The van der Waals surface area contributed by atoms with E-state index in [1.807, 2.05) is 10.9 Å². The molecule has 0 spiro atoms. The highest BCUT2D eigenvalue weighted by atomic mass is 19.1. The van der Waals surface area contributed by atoms with E-state index in [0.29, 0.717) is 31.2 Å². The number of carbonyl (C=O) groups is 1. The molecule has 0 N–H and O–H groups in total. The molecule has 0 unspecified atom stereocenters. The van der Waals surface area contributed by atoms with Crippen LogP contribution in [-0.4, -0.2) is 40.3 Å². The first kappa shape index (κ1) is 17.2. The SMILES string of the molecule is CCn1ncc2c1[C@H](COCC1CC1)CN(C(=O)c1cccc(F)c1)C2. The Kier molecular flexibility index (Phi) is 4.76. The highest BCUT2D eigenvalue weighted by Gasteiger charge is 2.32. The molecule has 4 rings (SSSR count). The van der Waals surface area contributed by atoms with Gasteiger partial charge < -0.3 is 9.64 Å². The number of halogens is 1. The Morgan fingerprint density at radius 2 is 2.19 bits per heavy atom. The molecule has 1 aromatic carbocycles. The number of nitrogens with zero attached hydrogens (tertiary/aromatic N) is 3. The first-order valence-corrected chi connectivity index (χ1v) is 9.33. The molecule has 1 aliphatic carbocycles. The van der Waals surface area contributed by atoms with E-state index >= 15 is 0 Å². The summed E-state index contributed by atoms with van der Waals surface area (Å²) in [6, 6.07) is 5.88. The van der Waals surface area contributed by atoms with E-state index in [-0.39, 0.29) is 11.8 Å². The molecule has 26 heavy (non-hydrogen) atoms. The number of aromatic nitrogens is 2. The second-order valence-corrected chi connectivity index (χ2v) is 7.24. The van der Waals surface area contributed by atoms with Gasteiger partial charge in [0.25, 0.3) is 5.91 Å². The normalized spacial score (nSPS) is 19.5. The molecule has 6 heteroatoms. The third kappa shape index (κ3) is 3.51. The van der Waals surface area contributed by atoms with Gasteiger partial charge in [-0.3, -0.25) is 9.48 Å². The average molecular weight is 357 g/mol. The predicted molar refractivity (Wildman–Crippen MR) is 95.3 cm³/mol. The number of hydrogen-bond donors (Lipinski definition) is 0. The standard InChI is InChI=1S/C20H24FN3O2/c1-2-24-19-16(9-22-24)10-23(11-17(19)13-26-12-14-6-7-14)20(25)15-4-3-5-18(21)8-15/h3-5,8-9,14,17H,2,6-7,10-13H2,1H3/t17-/m0/s1. The maximum absolute atomic E-state index is 13.5. The number of rotatable bonds is 6. The van der Waals surface area contributed by atoms with Crippen molar-refractivity contribution in [3.8, 4) is 0 Å². The first-order chi connectivity index (χ1) is 12.7. The Hall–Kier alpha value is -2.21. The Morgan fingerprint density at radius 3 is 2.92 bits per heavy atom. The Bertz CT molecular complexity index is 800. The van der Waals surface area contributed by atoms with Gasteiger partial charge in [0.2, 0.25) is 0 Å². The Labute approximate surface area is 152 Å². The molecule has 138 valence electrons. The molecule has 1 aromatic heterocycles. The van der Waals surface area contributed by atoms with Gasteiger partial charge in [0, 0.05) is 43.3 Å². The minimum atomic E-state index is -0.392. The maximum atomic E-state index is 13.5. The minimum absolute atomic E-state index is 0.0949. The number of carbonyl (C=O) groups excluding carboxylic acids is 1. The number of fused-ring (bicyclic) bond motifs is 1. The van der Waals surface area contributed by atoms with Gasteiger partial charge in [-0.05, 0) is 43.9 Å². The molecule has 5 nitrogen and oxygen atoms in total. The molecule has 1 saturated carbocycles. The lowest BCUT2D eigenvalue weighted by atomic mass is 9.96. The van der Waals surface area contributed by atoms with Crippen LogP contribution in [0, 0.1) is 11.7 Å². The molecule has 1 amide bonds. The first-order valence-electron chi connectivity index (χ1n) is 9.33. The largest absolute Gasteiger partial charge is 0.380 e. The lowest BCUT2D eigenvalue weighted by molar-refractivity contribution is 0.0619. The average Bonchev–Trinajstić information content (AvgIpc) is 3.37. The van der Waals surface area contributed by atoms with E-state index in [1.165, 1.54) is 30.7 Å². The van der Waals surface area contributed by atoms with Crippen molar-refractivity contribution in [1.29, 1.82) is 0 Å². The number of aryl methyl sites for hydroxylation is 1. The lowest BCUT2D eigenvalue weighted by Crippen LogP contribution is -2.40. The highest BCUT2D eigenvalue weighted by Crippen LogP contribution is 2.32. The predicted octanol–water partition coefficient (Wildman–Crippen LogP) is 3.21. The van der Waals surface area contributed by atoms with Crippen LogP contribution in [0.1, 0.15) is 47.3 Å². The zero-order chi connectivity index (χ0) is 18.1. The van der Waals surface area contributed by atoms with Crippen LogP contribution in [0.4, 0.5) is 4.39 Å². The van der Waals surface area contributed by atoms with Crippen LogP contribution in [0.25, 0.3) is 0 Å². The number of amides is 1. The summed E-state index contributed by atoms with van der Waals surface area (Å²) in [6.07, 6.45) is 4.36. The zero-order valence-corrected chi connectivity index (χ0v) is 15.0. The number of benzene rings is 1. The van der Waals surface area contributed by atoms with Crippen molar-refractivity contribution >= 4 is 5.91 Å². The number of hydrogen-bond acceptors (Lipinski definition) is 3. The van der Waals surface area contributed by atoms with Crippen LogP contribution in [0.3, 0.4) is 0 Å². The van der Waals surface area contributed by atoms with E-state index in [4.69, 9.17) is 4.74 Å². The molecule has 2 aromatic rings. The molecule has 0 bridgehead atoms. The van der Waals surface area contributed by atoms with Crippen molar-refractivity contribution in [3.05, 3.63) is 53.1 Å². The molecule has 2 heterocycles. The van der Waals surface area contributed by atoms with Gasteiger partial charge in [0.05, 0.1) is 18.5 Å². The van der Waals surface area contributed by atoms with Crippen LogP contribution in [0.2, 0.25) is 0 Å². The maximum Gasteiger partial charge on any atom is 0.254 e. The Morgan fingerprint density at radius 1 is 1.35 bits per heavy atom. The van der Waals surface area contributed by atoms with Crippen molar-refractivity contribution < 1.29 is 13.9 Å². The lowest BCUT2D eigenvalue weighted by Gasteiger charge is -2.33. The van der Waals surface area contributed by atoms with Crippen LogP contribution in [-0.2, 0) is 17.8 Å². The number of ether oxygens (including phenoxy) is 1. The fourth-order valence-corrected chi connectivity index (χ4v) is 3.65. The molecule has 0 saturated heterocycles. The van der Waals surface area contributed by atoms with Crippen molar-refractivity contribution in [2.75, 3.05) is 19.8 Å². The summed E-state index contributed by atoms with van der Waals surface area (Å²) >= 11 is 0. The van der Waals surface area contributed by atoms with Gasteiger partial charge in [-0.1, -0.05) is 6.07 Å². The van der Waals surface area contributed by atoms with Crippen molar-refractivity contribution in [2.45, 2.75) is 38.8 Å². The van der Waals surface area contributed by atoms with Gasteiger partial charge in [-0.2, -0.15) is 5.10 Å². The summed E-state index contributed by atoms with van der Waals surface area (Å²) < 4.78 is 21.4. The fraction of sp³-hybridized carbons (Fsp3) is 0.500. The second-order valence-electron chi connectivity index (χ2n) is 7.24. The fourth-order valence-electron chi connectivity index (χ4n) is 3.65. The van der Waals surface area contributed by atoms with Crippen LogP contribution < -0.4 is 0 Å². The van der Waals surface area contributed by atoms with Gasteiger partial charge in [-0.15, -0.1) is 0 Å². The second kappa shape index (κ2) is 7.19. The summed E-state index contributed by atoms with van der Waals surface area (Å²) in [5, 5.41) is 4.47. The van der Waals surface area contributed by atoms with Gasteiger partial charge in [-0.25, -0.2) is 4.39 Å². The van der Waals surface area contributed by atoms with E-state index < -0.39 is 5.82 Å². The summed E-state index contributed by atoms with van der Waals surface area (Å²) in [4.78, 5) is 14.6. The van der Waals surface area contributed by atoms with Crippen LogP contribution in [0.5, 0.6) is 0 Å². The molecule has 2 aliphatic rings. The molecular weight excluding hydrogens is 333 g/mol. The zero-order valence-electron chi connectivity index (χ0n) is 15.0. The summed E-state index contributed by atoms with van der Waals surface area (Å²) in [5.41, 5.74) is 2.61. The highest BCUT2D eigenvalue weighted by molar-refractivity contribution is 5.94. The van der Waals surface area contributed by atoms with Gasteiger partial charge in [0.15, 0.2) is 0 Å². The third-order valence-corrected chi connectivity index (χ3v) is 5.18. The van der Waals surface area contributed by atoms with Gasteiger partial charge >= 0.3 is 0 Å². The quantitative estimate of drug-likeness (QED) is 0.798. The van der Waals surface area contributed by atoms with E-state index in [1.54, 1.807) is 17.0 Å². The summed E-state index contributed by atoms with van der Waals surface area (Å²) in [7, 11) is 0. The smallest absolute Gasteiger partial charge is 0.254 e. The van der Waals surface area contributed by atoms with E-state index in [9.17, 15) is 9.18 Å². The molecular formula is C20H24FN3O2. The van der Waals surface area contributed by atoms with Crippen molar-refractivity contribution in [3.63, 3.8) is 0 Å². The van der Waals surface area contributed by atoms with E-state index in [0.717, 1.165) is 18.7 Å². The van der Waals surface area contributed by atoms with Crippen molar-refractivity contribution in [2.24, 2.45) is 5.92 Å². The minimum Gasteiger partial charge on any atom is -0.380 e. The third-order valence-electron chi connectivity index (χ3n) is 5.18. The molecule has 1 aliphatic heterocycles. The molecule has 1 fully saturated rings. The topological polar surface area (TPSA) is 47.4 Å². The molecule has 0 radical (unpaired) electrons. The van der Waals surface area contributed by atoms with Crippen LogP contribution >= 0.6 is 0 Å². The molecule has 1 atom stereocenters. The Balaban J connectivity index is 1.54.